The monoisotopic (exact) mass is 523 g/mol. The van der Waals surface area contributed by atoms with Crippen LogP contribution in [0.3, 0.4) is 0 Å². The first-order valence-electron chi connectivity index (χ1n) is 11.7. The third-order valence-corrected chi connectivity index (χ3v) is 6.54. The predicted molar refractivity (Wildman–Crippen MR) is 137 cm³/mol. The Bertz CT molecular complexity index is 1120. The van der Waals surface area contributed by atoms with Crippen LogP contribution in [0.4, 0.5) is 5.95 Å². The van der Waals surface area contributed by atoms with Crippen molar-refractivity contribution in [1.82, 2.24) is 9.97 Å². The first-order chi connectivity index (χ1) is 16.4. The molecule has 1 N–H and O–H groups in total. The molecule has 1 aromatic heterocycles. The Morgan fingerprint density at radius 3 is 2.56 bits per heavy atom. The minimum absolute atomic E-state index is 0.167. The molecule has 0 radical (unpaired) electrons. The number of aromatic nitrogens is 2. The number of carboxylic acid groups (broad SMARTS) is 1. The highest BCUT2D eigenvalue weighted by atomic mass is 79.9. The van der Waals surface area contributed by atoms with Gasteiger partial charge in [0.25, 0.3) is 0 Å². The molecule has 1 aliphatic rings. The summed E-state index contributed by atoms with van der Waals surface area (Å²) in [4.78, 5) is 23.2. The lowest BCUT2D eigenvalue weighted by Crippen LogP contribution is -2.25. The van der Waals surface area contributed by atoms with Crippen LogP contribution in [-0.2, 0) is 12.8 Å². The van der Waals surface area contributed by atoms with Crippen molar-refractivity contribution in [2.24, 2.45) is 5.92 Å². The molecule has 1 saturated heterocycles. The fourth-order valence-corrected chi connectivity index (χ4v) is 4.49. The molecule has 1 fully saturated rings. The van der Waals surface area contributed by atoms with Crippen molar-refractivity contribution in [2.45, 2.75) is 45.6 Å². The van der Waals surface area contributed by atoms with Crippen molar-refractivity contribution in [2.75, 3.05) is 18.1 Å². The van der Waals surface area contributed by atoms with Gasteiger partial charge in [0, 0.05) is 17.2 Å². The molecule has 1 unspecified atom stereocenters. The van der Waals surface area contributed by atoms with E-state index in [0.29, 0.717) is 37.0 Å². The van der Waals surface area contributed by atoms with Crippen LogP contribution in [0, 0.1) is 5.92 Å². The summed E-state index contributed by atoms with van der Waals surface area (Å²) in [6, 6.07) is 16.5. The number of carboxylic acids is 1. The molecular formula is C27H30BrN3O3. The second kappa shape index (κ2) is 11.0. The number of ether oxygens (including phenoxy) is 1. The van der Waals surface area contributed by atoms with Crippen LogP contribution >= 0.6 is 15.9 Å². The van der Waals surface area contributed by atoms with Gasteiger partial charge in [0.2, 0.25) is 5.95 Å². The highest BCUT2D eigenvalue weighted by Crippen LogP contribution is 2.35. The normalized spacial score (nSPS) is 15.6. The van der Waals surface area contributed by atoms with E-state index in [0.717, 1.165) is 35.2 Å². The summed E-state index contributed by atoms with van der Waals surface area (Å²) in [6.45, 7) is 5.77. The summed E-state index contributed by atoms with van der Waals surface area (Å²) in [7, 11) is 0. The van der Waals surface area contributed by atoms with Crippen molar-refractivity contribution in [3.05, 3.63) is 81.6 Å². The van der Waals surface area contributed by atoms with E-state index in [-0.39, 0.29) is 11.6 Å². The van der Waals surface area contributed by atoms with Crippen LogP contribution in [-0.4, -0.2) is 34.2 Å². The smallest absolute Gasteiger partial charge is 0.339 e. The van der Waals surface area contributed by atoms with Gasteiger partial charge in [0.15, 0.2) is 0 Å². The molecular weight excluding hydrogens is 494 g/mol. The van der Waals surface area contributed by atoms with E-state index in [1.807, 2.05) is 36.4 Å². The zero-order valence-electron chi connectivity index (χ0n) is 19.6. The Kier molecular flexibility index (Phi) is 7.83. The molecule has 0 saturated carbocycles. The number of aromatic carboxylic acids is 1. The summed E-state index contributed by atoms with van der Waals surface area (Å²) in [5.41, 5.74) is 3.06. The van der Waals surface area contributed by atoms with Gasteiger partial charge in [-0.05, 0) is 67.0 Å². The number of rotatable bonds is 9. The van der Waals surface area contributed by atoms with Crippen LogP contribution in [0.15, 0.2) is 59.2 Å². The molecule has 1 atom stereocenters. The summed E-state index contributed by atoms with van der Waals surface area (Å²) >= 11 is 3.50. The minimum atomic E-state index is -0.995. The highest BCUT2D eigenvalue weighted by Gasteiger charge is 2.29. The van der Waals surface area contributed by atoms with Crippen molar-refractivity contribution >= 4 is 27.8 Å². The first-order valence-corrected chi connectivity index (χ1v) is 12.5. The second-order valence-electron chi connectivity index (χ2n) is 9.09. The molecule has 0 spiro atoms. The number of hydrogen-bond donors (Lipinski definition) is 1. The molecule has 2 heterocycles. The lowest BCUT2D eigenvalue weighted by atomic mass is 10.0. The van der Waals surface area contributed by atoms with Gasteiger partial charge in [-0.25, -0.2) is 14.8 Å². The molecule has 178 valence electrons. The Balaban J connectivity index is 1.51. The zero-order chi connectivity index (χ0) is 24.1. The van der Waals surface area contributed by atoms with Crippen molar-refractivity contribution in [3.8, 4) is 5.75 Å². The van der Waals surface area contributed by atoms with Crippen LogP contribution in [0.5, 0.6) is 5.75 Å². The van der Waals surface area contributed by atoms with E-state index in [2.05, 4.69) is 51.8 Å². The van der Waals surface area contributed by atoms with Crippen molar-refractivity contribution in [1.29, 1.82) is 0 Å². The predicted octanol–water partition coefficient (Wildman–Crippen LogP) is 6.10. The molecule has 4 rings (SSSR count). The highest BCUT2D eigenvalue weighted by molar-refractivity contribution is 9.10. The molecule has 3 aromatic rings. The number of carbonyl (C=O) groups is 1. The summed E-state index contributed by atoms with van der Waals surface area (Å²) in [5.74, 6) is 0.925. The summed E-state index contributed by atoms with van der Waals surface area (Å²) < 4.78 is 6.80. The Hall–Kier alpha value is -2.93. The average Bonchev–Trinajstić information content (AvgIpc) is 3.32. The van der Waals surface area contributed by atoms with Gasteiger partial charge in [-0.2, -0.15) is 0 Å². The van der Waals surface area contributed by atoms with Gasteiger partial charge in [0.1, 0.15) is 5.75 Å². The summed E-state index contributed by atoms with van der Waals surface area (Å²) in [5, 5.41) is 9.70. The number of nitrogens with zero attached hydrogens (tertiary/aromatic N) is 3. The third-order valence-electron chi connectivity index (χ3n) is 6.01. The second-order valence-corrected chi connectivity index (χ2v) is 10.0. The quantitative estimate of drug-likeness (QED) is 0.365. The van der Waals surface area contributed by atoms with E-state index in [9.17, 15) is 9.90 Å². The van der Waals surface area contributed by atoms with Crippen LogP contribution < -0.4 is 9.64 Å². The molecule has 6 nitrogen and oxygen atoms in total. The van der Waals surface area contributed by atoms with Gasteiger partial charge in [0.05, 0.1) is 23.9 Å². The molecule has 7 heteroatoms. The van der Waals surface area contributed by atoms with Crippen LogP contribution in [0.2, 0.25) is 0 Å². The topological polar surface area (TPSA) is 75.5 Å². The number of hydrogen-bond acceptors (Lipinski definition) is 5. The SMILES string of the molecule is CC(C)COc1ccc(CCc2nc(N3CCCC3c3ccc(Br)cc3)ncc2C(=O)O)cc1. The maximum Gasteiger partial charge on any atom is 0.339 e. The summed E-state index contributed by atoms with van der Waals surface area (Å²) in [6.07, 6.45) is 4.74. The van der Waals surface area contributed by atoms with Gasteiger partial charge in [-0.3, -0.25) is 0 Å². The van der Waals surface area contributed by atoms with Crippen LogP contribution in [0.25, 0.3) is 0 Å². The van der Waals surface area contributed by atoms with Crippen molar-refractivity contribution in [3.63, 3.8) is 0 Å². The van der Waals surface area contributed by atoms with E-state index >= 15 is 0 Å². The Labute approximate surface area is 209 Å². The lowest BCUT2D eigenvalue weighted by Gasteiger charge is -2.25. The minimum Gasteiger partial charge on any atom is -0.493 e. The number of halogens is 1. The number of benzene rings is 2. The largest absolute Gasteiger partial charge is 0.493 e. The van der Waals surface area contributed by atoms with Gasteiger partial charge in [-0.15, -0.1) is 0 Å². The standard InChI is InChI=1S/C27H30BrN3O3/c1-18(2)17-34-22-12-5-19(6-13-22)7-14-24-23(26(32)33)16-29-27(30-24)31-15-3-4-25(31)20-8-10-21(28)11-9-20/h5-6,8-13,16,18,25H,3-4,7,14-15,17H2,1-2H3,(H,32,33). The number of anilines is 1. The van der Waals surface area contributed by atoms with Crippen LogP contribution in [0.1, 0.15) is 59.9 Å². The maximum atomic E-state index is 11.8. The maximum absolute atomic E-state index is 11.8. The Morgan fingerprint density at radius 2 is 1.88 bits per heavy atom. The third kappa shape index (κ3) is 5.95. The molecule has 0 aliphatic carbocycles. The number of aryl methyl sites for hydroxylation is 2. The van der Waals surface area contributed by atoms with Gasteiger partial charge in [-0.1, -0.05) is 54.0 Å². The molecule has 34 heavy (non-hydrogen) atoms. The van der Waals surface area contributed by atoms with E-state index < -0.39 is 5.97 Å². The molecule has 1 aliphatic heterocycles. The zero-order valence-corrected chi connectivity index (χ0v) is 21.2. The fraction of sp³-hybridized carbons (Fsp3) is 0.370. The molecule has 0 amide bonds. The average molecular weight is 524 g/mol. The van der Waals surface area contributed by atoms with Gasteiger partial charge < -0.3 is 14.7 Å². The molecule has 2 aromatic carbocycles. The first kappa shape index (κ1) is 24.2. The van der Waals surface area contributed by atoms with E-state index in [4.69, 9.17) is 9.72 Å². The lowest BCUT2D eigenvalue weighted by molar-refractivity contribution is 0.0694. The van der Waals surface area contributed by atoms with Gasteiger partial charge >= 0.3 is 5.97 Å². The Morgan fingerprint density at radius 1 is 1.15 bits per heavy atom. The van der Waals surface area contributed by atoms with E-state index in [1.165, 1.54) is 11.8 Å². The fourth-order valence-electron chi connectivity index (χ4n) is 4.23. The van der Waals surface area contributed by atoms with Crippen molar-refractivity contribution < 1.29 is 14.6 Å². The molecule has 0 bridgehead atoms. The van der Waals surface area contributed by atoms with E-state index in [1.54, 1.807) is 0 Å².